The number of carbonyl (C=O) groups excluding carboxylic acids is 1. The van der Waals surface area contributed by atoms with Crippen LogP contribution < -0.4 is 0 Å². The van der Waals surface area contributed by atoms with Gasteiger partial charge in [0, 0.05) is 18.2 Å². The predicted octanol–water partition coefficient (Wildman–Crippen LogP) is 3.23. The third kappa shape index (κ3) is 3.50. The first-order valence-electron chi connectivity index (χ1n) is 7.55. The van der Waals surface area contributed by atoms with E-state index in [1.807, 2.05) is 35.2 Å². The summed E-state index contributed by atoms with van der Waals surface area (Å²) < 4.78 is 5.60. The molecule has 116 valence electrons. The van der Waals surface area contributed by atoms with Gasteiger partial charge in [0.25, 0.3) is 5.22 Å². The highest BCUT2D eigenvalue weighted by molar-refractivity contribution is 7.99. The summed E-state index contributed by atoms with van der Waals surface area (Å²) in [6.07, 6.45) is 3.40. The highest BCUT2D eigenvalue weighted by atomic mass is 32.2. The number of likely N-dealkylation sites (tertiary alicyclic amines) is 1. The second-order valence-electron chi connectivity index (χ2n) is 5.46. The van der Waals surface area contributed by atoms with Gasteiger partial charge in [0.2, 0.25) is 11.8 Å². The zero-order valence-corrected chi connectivity index (χ0v) is 13.4. The van der Waals surface area contributed by atoms with Crippen molar-refractivity contribution in [2.24, 2.45) is 0 Å². The number of piperidine rings is 1. The van der Waals surface area contributed by atoms with E-state index in [0.29, 0.717) is 22.9 Å². The fourth-order valence-electron chi connectivity index (χ4n) is 2.64. The maximum absolute atomic E-state index is 12.3. The summed E-state index contributed by atoms with van der Waals surface area (Å²) in [5.74, 6) is 0.986. The predicted molar refractivity (Wildman–Crippen MR) is 85.5 cm³/mol. The van der Waals surface area contributed by atoms with Gasteiger partial charge < -0.3 is 9.32 Å². The number of carbonyl (C=O) groups is 1. The van der Waals surface area contributed by atoms with Crippen LogP contribution in [0.5, 0.6) is 0 Å². The Morgan fingerprint density at radius 2 is 2.14 bits per heavy atom. The first-order chi connectivity index (χ1) is 10.7. The van der Waals surface area contributed by atoms with Crippen molar-refractivity contribution in [2.75, 3.05) is 12.3 Å². The van der Waals surface area contributed by atoms with E-state index in [4.69, 9.17) is 4.42 Å². The Kier molecular flexibility index (Phi) is 4.77. The van der Waals surface area contributed by atoms with Crippen molar-refractivity contribution in [3.05, 3.63) is 30.3 Å². The lowest BCUT2D eigenvalue weighted by Gasteiger charge is -2.33. The highest BCUT2D eigenvalue weighted by Gasteiger charge is 2.23. The molecule has 2 aromatic rings. The molecule has 0 aliphatic carbocycles. The van der Waals surface area contributed by atoms with E-state index >= 15 is 0 Å². The SMILES string of the molecule is C[C@H]1CCCCN1C(=O)CSc1nnc(-c2ccccc2)o1. The molecule has 3 rings (SSSR count). The summed E-state index contributed by atoms with van der Waals surface area (Å²) in [6, 6.07) is 9.96. The van der Waals surface area contributed by atoms with E-state index in [-0.39, 0.29) is 5.91 Å². The molecule has 1 atom stereocenters. The van der Waals surface area contributed by atoms with Gasteiger partial charge in [0.15, 0.2) is 0 Å². The first kappa shape index (κ1) is 15.1. The minimum Gasteiger partial charge on any atom is -0.411 e. The van der Waals surface area contributed by atoms with Crippen molar-refractivity contribution < 1.29 is 9.21 Å². The van der Waals surface area contributed by atoms with Crippen molar-refractivity contribution in [1.82, 2.24) is 15.1 Å². The van der Waals surface area contributed by atoms with Crippen LogP contribution in [0.15, 0.2) is 40.0 Å². The standard InChI is InChI=1S/C16H19N3O2S/c1-12-7-5-6-10-19(12)14(20)11-22-16-18-17-15(21-16)13-8-3-2-4-9-13/h2-4,8-9,12H,5-7,10-11H2,1H3/t12-/m0/s1. The van der Waals surface area contributed by atoms with E-state index in [9.17, 15) is 4.79 Å². The van der Waals surface area contributed by atoms with Crippen LogP contribution in [-0.4, -0.2) is 39.3 Å². The van der Waals surface area contributed by atoms with Crippen LogP contribution in [-0.2, 0) is 4.79 Å². The van der Waals surface area contributed by atoms with Crippen molar-refractivity contribution in [2.45, 2.75) is 37.5 Å². The molecule has 0 bridgehead atoms. The number of hydrogen-bond donors (Lipinski definition) is 0. The molecule has 0 radical (unpaired) electrons. The Hall–Kier alpha value is -1.82. The van der Waals surface area contributed by atoms with Gasteiger partial charge in [0.1, 0.15) is 0 Å². The third-order valence-corrected chi connectivity index (χ3v) is 4.67. The first-order valence-corrected chi connectivity index (χ1v) is 8.54. The number of benzene rings is 1. The fraction of sp³-hybridized carbons (Fsp3) is 0.438. The van der Waals surface area contributed by atoms with Gasteiger partial charge in [-0.2, -0.15) is 0 Å². The molecule has 1 fully saturated rings. The van der Waals surface area contributed by atoms with Gasteiger partial charge in [-0.1, -0.05) is 30.0 Å². The van der Waals surface area contributed by atoms with Gasteiger partial charge >= 0.3 is 0 Å². The number of thioether (sulfide) groups is 1. The summed E-state index contributed by atoms with van der Waals surface area (Å²) in [6.45, 7) is 2.97. The minimum atomic E-state index is 0.150. The summed E-state index contributed by atoms with van der Waals surface area (Å²) in [7, 11) is 0. The molecule has 0 saturated carbocycles. The number of nitrogens with zero attached hydrogens (tertiary/aromatic N) is 3. The number of aromatic nitrogens is 2. The van der Waals surface area contributed by atoms with Gasteiger partial charge in [-0.3, -0.25) is 4.79 Å². The van der Waals surface area contributed by atoms with E-state index in [1.165, 1.54) is 18.2 Å². The Balaban J connectivity index is 1.58. The Morgan fingerprint density at radius 3 is 2.91 bits per heavy atom. The second kappa shape index (κ2) is 6.96. The van der Waals surface area contributed by atoms with Crippen LogP contribution in [0.3, 0.4) is 0 Å². The molecule has 1 aliphatic rings. The van der Waals surface area contributed by atoms with Gasteiger partial charge in [0.05, 0.1) is 5.75 Å². The maximum Gasteiger partial charge on any atom is 0.277 e. The number of amides is 1. The molecule has 1 amide bonds. The van der Waals surface area contributed by atoms with E-state index in [2.05, 4.69) is 17.1 Å². The Labute approximate surface area is 134 Å². The second-order valence-corrected chi connectivity index (χ2v) is 6.39. The fourth-order valence-corrected chi connectivity index (χ4v) is 3.29. The zero-order chi connectivity index (χ0) is 15.4. The molecule has 22 heavy (non-hydrogen) atoms. The van der Waals surface area contributed by atoms with Crippen molar-refractivity contribution >= 4 is 17.7 Å². The van der Waals surface area contributed by atoms with Crippen LogP contribution in [0.4, 0.5) is 0 Å². The molecule has 1 aliphatic heterocycles. The van der Waals surface area contributed by atoms with Crippen LogP contribution in [0.25, 0.3) is 11.5 Å². The van der Waals surface area contributed by atoms with Crippen molar-refractivity contribution in [3.63, 3.8) is 0 Å². The molecular weight excluding hydrogens is 298 g/mol. The smallest absolute Gasteiger partial charge is 0.277 e. The molecular formula is C16H19N3O2S. The molecule has 2 heterocycles. The monoisotopic (exact) mass is 317 g/mol. The van der Waals surface area contributed by atoms with Crippen molar-refractivity contribution in [1.29, 1.82) is 0 Å². The minimum absolute atomic E-state index is 0.150. The Bertz CT molecular complexity index is 629. The normalized spacial score (nSPS) is 18.4. The van der Waals surface area contributed by atoms with E-state index in [0.717, 1.165) is 24.9 Å². The summed E-state index contributed by atoms with van der Waals surface area (Å²) >= 11 is 1.31. The maximum atomic E-state index is 12.3. The van der Waals surface area contributed by atoms with Crippen LogP contribution >= 0.6 is 11.8 Å². The van der Waals surface area contributed by atoms with Crippen LogP contribution in [0.1, 0.15) is 26.2 Å². The summed E-state index contributed by atoms with van der Waals surface area (Å²) in [5.41, 5.74) is 0.887. The number of hydrogen-bond acceptors (Lipinski definition) is 5. The molecule has 1 aromatic carbocycles. The molecule has 6 heteroatoms. The zero-order valence-electron chi connectivity index (χ0n) is 12.6. The van der Waals surface area contributed by atoms with Gasteiger partial charge in [-0.15, -0.1) is 10.2 Å². The average Bonchev–Trinajstić information content (AvgIpc) is 3.03. The quantitative estimate of drug-likeness (QED) is 0.810. The topological polar surface area (TPSA) is 59.2 Å². The van der Waals surface area contributed by atoms with E-state index < -0.39 is 0 Å². The lowest BCUT2D eigenvalue weighted by molar-refractivity contribution is -0.131. The molecule has 0 N–H and O–H groups in total. The molecule has 1 saturated heterocycles. The molecule has 5 nitrogen and oxygen atoms in total. The molecule has 0 unspecified atom stereocenters. The summed E-state index contributed by atoms with van der Waals surface area (Å²) in [4.78, 5) is 14.2. The Morgan fingerprint density at radius 1 is 1.32 bits per heavy atom. The van der Waals surface area contributed by atoms with Crippen LogP contribution in [0, 0.1) is 0 Å². The van der Waals surface area contributed by atoms with E-state index in [1.54, 1.807) is 0 Å². The molecule has 1 aromatic heterocycles. The lowest BCUT2D eigenvalue weighted by atomic mass is 10.0. The van der Waals surface area contributed by atoms with Gasteiger partial charge in [-0.25, -0.2) is 0 Å². The third-order valence-electron chi connectivity index (χ3n) is 3.87. The number of rotatable bonds is 4. The van der Waals surface area contributed by atoms with Gasteiger partial charge in [-0.05, 0) is 38.3 Å². The molecule has 0 spiro atoms. The highest BCUT2D eigenvalue weighted by Crippen LogP contribution is 2.24. The summed E-state index contributed by atoms with van der Waals surface area (Å²) in [5, 5.41) is 8.48. The largest absolute Gasteiger partial charge is 0.411 e. The lowest BCUT2D eigenvalue weighted by Crippen LogP contribution is -2.42. The average molecular weight is 317 g/mol. The van der Waals surface area contributed by atoms with Crippen LogP contribution in [0.2, 0.25) is 0 Å². The van der Waals surface area contributed by atoms with Crippen molar-refractivity contribution in [3.8, 4) is 11.5 Å².